The molecule has 0 bridgehead atoms. The van der Waals surface area contributed by atoms with Gasteiger partial charge in [0, 0.05) is 19.6 Å². The maximum atomic E-state index is 11.1. The molecule has 1 unspecified atom stereocenters. The second-order valence-electron chi connectivity index (χ2n) is 6.19. The third-order valence-electron chi connectivity index (χ3n) is 4.60. The van der Waals surface area contributed by atoms with E-state index in [4.69, 9.17) is 5.11 Å². The smallest absolute Gasteiger partial charge is 0.335 e. The van der Waals surface area contributed by atoms with E-state index in [9.17, 15) is 4.79 Å². The summed E-state index contributed by atoms with van der Waals surface area (Å²) in [6.07, 6.45) is 6.16. The zero-order valence-electron chi connectivity index (χ0n) is 13.3. The lowest BCUT2D eigenvalue weighted by Gasteiger charge is -2.32. The standard InChI is InChI=1S/C18H27NO2/c1-3-5-6-14(4-2)12-19-10-9-15-7-8-16(18(20)21)11-17(15)13-19/h7-8,11,14H,3-6,9-10,12-13H2,1-2H3,(H,20,21). The number of nitrogens with zero attached hydrogens (tertiary/aromatic N) is 1. The van der Waals surface area contributed by atoms with Gasteiger partial charge in [0.25, 0.3) is 0 Å². The maximum Gasteiger partial charge on any atom is 0.335 e. The Bertz CT molecular complexity index is 484. The van der Waals surface area contributed by atoms with Gasteiger partial charge in [0.05, 0.1) is 5.56 Å². The first kappa shape index (κ1) is 16.0. The van der Waals surface area contributed by atoms with Crippen LogP contribution in [0, 0.1) is 5.92 Å². The first-order valence-corrected chi connectivity index (χ1v) is 8.21. The highest BCUT2D eigenvalue weighted by atomic mass is 16.4. The van der Waals surface area contributed by atoms with E-state index >= 15 is 0 Å². The minimum Gasteiger partial charge on any atom is -0.478 e. The van der Waals surface area contributed by atoms with E-state index in [-0.39, 0.29) is 0 Å². The van der Waals surface area contributed by atoms with Gasteiger partial charge in [-0.05, 0) is 42.0 Å². The van der Waals surface area contributed by atoms with Crippen LogP contribution in [0.5, 0.6) is 0 Å². The topological polar surface area (TPSA) is 40.5 Å². The molecule has 0 spiro atoms. The zero-order valence-corrected chi connectivity index (χ0v) is 13.3. The van der Waals surface area contributed by atoms with E-state index in [1.807, 2.05) is 12.1 Å². The molecule has 116 valence electrons. The van der Waals surface area contributed by atoms with Crippen molar-refractivity contribution in [2.75, 3.05) is 13.1 Å². The second kappa shape index (κ2) is 7.60. The summed E-state index contributed by atoms with van der Waals surface area (Å²) in [6, 6.07) is 5.58. The minimum absolute atomic E-state index is 0.411. The molecule has 0 fully saturated rings. The van der Waals surface area contributed by atoms with Gasteiger partial charge >= 0.3 is 5.97 Å². The Morgan fingerprint density at radius 2 is 2.14 bits per heavy atom. The molecular formula is C18H27NO2. The predicted octanol–water partition coefficient (Wildman–Crippen LogP) is 3.96. The van der Waals surface area contributed by atoms with E-state index in [1.165, 1.54) is 36.8 Å². The fourth-order valence-electron chi connectivity index (χ4n) is 3.19. The molecule has 0 aliphatic carbocycles. The Labute approximate surface area is 128 Å². The number of carbonyl (C=O) groups is 1. The van der Waals surface area contributed by atoms with Crippen molar-refractivity contribution in [2.24, 2.45) is 5.92 Å². The van der Waals surface area contributed by atoms with Crippen LogP contribution in [-0.2, 0) is 13.0 Å². The van der Waals surface area contributed by atoms with Gasteiger partial charge in [0.1, 0.15) is 0 Å². The van der Waals surface area contributed by atoms with E-state index in [0.29, 0.717) is 5.56 Å². The molecule has 1 N–H and O–H groups in total. The monoisotopic (exact) mass is 289 g/mol. The zero-order chi connectivity index (χ0) is 15.2. The largest absolute Gasteiger partial charge is 0.478 e. The number of hydrogen-bond donors (Lipinski definition) is 1. The van der Waals surface area contributed by atoms with Gasteiger partial charge in [-0.25, -0.2) is 4.79 Å². The predicted molar refractivity (Wildman–Crippen MR) is 85.7 cm³/mol. The lowest BCUT2D eigenvalue weighted by molar-refractivity contribution is 0.0696. The number of fused-ring (bicyclic) bond motifs is 1. The molecule has 0 radical (unpaired) electrons. The summed E-state index contributed by atoms with van der Waals surface area (Å²) in [6.45, 7) is 7.67. The molecule has 21 heavy (non-hydrogen) atoms. The van der Waals surface area contributed by atoms with E-state index < -0.39 is 5.97 Å². The van der Waals surface area contributed by atoms with Crippen molar-refractivity contribution >= 4 is 5.97 Å². The molecule has 1 aliphatic heterocycles. The highest BCUT2D eigenvalue weighted by molar-refractivity contribution is 5.87. The quantitative estimate of drug-likeness (QED) is 0.826. The van der Waals surface area contributed by atoms with Crippen molar-refractivity contribution in [3.63, 3.8) is 0 Å². The fourth-order valence-corrected chi connectivity index (χ4v) is 3.19. The number of carboxylic acids is 1. The summed E-state index contributed by atoms with van der Waals surface area (Å²) >= 11 is 0. The highest BCUT2D eigenvalue weighted by Gasteiger charge is 2.20. The lowest BCUT2D eigenvalue weighted by atomic mass is 9.94. The number of unbranched alkanes of at least 4 members (excludes halogenated alkanes) is 1. The highest BCUT2D eigenvalue weighted by Crippen LogP contribution is 2.23. The SMILES string of the molecule is CCCCC(CC)CN1CCc2ccc(C(=O)O)cc2C1. The summed E-state index contributed by atoms with van der Waals surface area (Å²) in [5.41, 5.74) is 2.93. The summed E-state index contributed by atoms with van der Waals surface area (Å²) in [5, 5.41) is 9.12. The summed E-state index contributed by atoms with van der Waals surface area (Å²) in [5.74, 6) is -0.0570. The number of aromatic carboxylic acids is 1. The van der Waals surface area contributed by atoms with Crippen LogP contribution in [0.2, 0.25) is 0 Å². The van der Waals surface area contributed by atoms with Crippen LogP contribution in [0.3, 0.4) is 0 Å². The van der Waals surface area contributed by atoms with Crippen molar-refractivity contribution in [1.82, 2.24) is 4.90 Å². The Hall–Kier alpha value is -1.35. The van der Waals surface area contributed by atoms with Crippen LogP contribution in [0.15, 0.2) is 18.2 Å². The Balaban J connectivity index is 2.00. The number of carboxylic acid groups (broad SMARTS) is 1. The molecule has 0 amide bonds. The summed E-state index contributed by atoms with van der Waals surface area (Å²) < 4.78 is 0. The third kappa shape index (κ3) is 4.31. The van der Waals surface area contributed by atoms with Crippen molar-refractivity contribution in [1.29, 1.82) is 0 Å². The van der Waals surface area contributed by atoms with Gasteiger partial charge in [0.2, 0.25) is 0 Å². The molecule has 1 atom stereocenters. The van der Waals surface area contributed by atoms with Crippen molar-refractivity contribution in [3.05, 3.63) is 34.9 Å². The Morgan fingerprint density at radius 3 is 2.81 bits per heavy atom. The summed E-state index contributed by atoms with van der Waals surface area (Å²) in [4.78, 5) is 13.6. The van der Waals surface area contributed by atoms with Crippen LogP contribution in [0.25, 0.3) is 0 Å². The molecular weight excluding hydrogens is 262 g/mol. The van der Waals surface area contributed by atoms with Gasteiger partial charge in [-0.2, -0.15) is 0 Å². The fraction of sp³-hybridized carbons (Fsp3) is 0.611. The van der Waals surface area contributed by atoms with Crippen LogP contribution in [0.4, 0.5) is 0 Å². The van der Waals surface area contributed by atoms with Gasteiger partial charge in [-0.3, -0.25) is 4.90 Å². The molecule has 1 aromatic carbocycles. The lowest BCUT2D eigenvalue weighted by Crippen LogP contribution is -2.34. The third-order valence-corrected chi connectivity index (χ3v) is 4.60. The van der Waals surface area contributed by atoms with Gasteiger partial charge < -0.3 is 5.11 Å². The first-order chi connectivity index (χ1) is 10.1. The van der Waals surface area contributed by atoms with Crippen LogP contribution in [0.1, 0.15) is 61.0 Å². The van der Waals surface area contributed by atoms with Crippen LogP contribution >= 0.6 is 0 Å². The Kier molecular flexibility index (Phi) is 5.80. The van der Waals surface area contributed by atoms with Crippen LogP contribution < -0.4 is 0 Å². The van der Waals surface area contributed by atoms with E-state index in [2.05, 4.69) is 18.7 Å². The molecule has 0 aromatic heterocycles. The van der Waals surface area contributed by atoms with Crippen molar-refractivity contribution in [3.8, 4) is 0 Å². The molecule has 3 heteroatoms. The molecule has 0 saturated heterocycles. The minimum atomic E-state index is -0.829. The average molecular weight is 289 g/mol. The number of benzene rings is 1. The van der Waals surface area contributed by atoms with E-state index in [0.717, 1.165) is 32.0 Å². The average Bonchev–Trinajstić information content (AvgIpc) is 2.50. The molecule has 2 rings (SSSR count). The molecule has 3 nitrogen and oxygen atoms in total. The molecule has 1 aromatic rings. The maximum absolute atomic E-state index is 11.1. The second-order valence-corrected chi connectivity index (χ2v) is 6.19. The van der Waals surface area contributed by atoms with E-state index in [1.54, 1.807) is 6.07 Å². The van der Waals surface area contributed by atoms with Crippen LogP contribution in [-0.4, -0.2) is 29.1 Å². The Morgan fingerprint density at radius 1 is 1.33 bits per heavy atom. The van der Waals surface area contributed by atoms with Gasteiger partial charge in [-0.1, -0.05) is 39.2 Å². The molecule has 1 heterocycles. The van der Waals surface area contributed by atoms with Gasteiger partial charge in [-0.15, -0.1) is 0 Å². The molecule has 1 aliphatic rings. The number of rotatable bonds is 7. The normalized spacial score (nSPS) is 16.5. The number of hydrogen-bond acceptors (Lipinski definition) is 2. The summed E-state index contributed by atoms with van der Waals surface area (Å²) in [7, 11) is 0. The van der Waals surface area contributed by atoms with Crippen molar-refractivity contribution in [2.45, 2.75) is 52.5 Å². The first-order valence-electron chi connectivity index (χ1n) is 8.21. The molecule has 0 saturated carbocycles. The van der Waals surface area contributed by atoms with Gasteiger partial charge in [0.15, 0.2) is 0 Å². The van der Waals surface area contributed by atoms with Crippen molar-refractivity contribution < 1.29 is 9.90 Å².